The molecule has 3 aromatic carbocycles. The molecule has 4 rings (SSSR count). The lowest BCUT2D eigenvalue weighted by atomic mass is 9.98. The summed E-state index contributed by atoms with van der Waals surface area (Å²) in [6.45, 7) is 0.380. The highest BCUT2D eigenvalue weighted by atomic mass is 32.2. The molecule has 8 heteroatoms. The Bertz CT molecular complexity index is 1050. The third-order valence-corrected chi connectivity index (χ3v) is 6.71. The van der Waals surface area contributed by atoms with Gasteiger partial charge in [-0.15, -0.1) is 0 Å². The van der Waals surface area contributed by atoms with Crippen LogP contribution in [-0.4, -0.2) is 41.5 Å². The summed E-state index contributed by atoms with van der Waals surface area (Å²) in [5.41, 5.74) is 10.8. The number of azide groups is 1. The van der Waals surface area contributed by atoms with E-state index in [4.69, 9.17) is 14.2 Å². The van der Waals surface area contributed by atoms with E-state index in [2.05, 4.69) is 10.0 Å². The van der Waals surface area contributed by atoms with Crippen LogP contribution < -0.4 is 0 Å². The topological polar surface area (TPSA) is 96.7 Å². The van der Waals surface area contributed by atoms with E-state index in [0.29, 0.717) is 13.2 Å². The first-order chi connectivity index (χ1) is 16.8. The molecule has 0 bridgehead atoms. The van der Waals surface area contributed by atoms with Crippen LogP contribution in [0, 0.1) is 0 Å². The van der Waals surface area contributed by atoms with Gasteiger partial charge in [0.15, 0.2) is 0 Å². The minimum atomic E-state index is -0.664. The maximum Gasteiger partial charge on any atom is 0.119 e. The fourth-order valence-electron chi connectivity index (χ4n) is 3.88. The van der Waals surface area contributed by atoms with Crippen LogP contribution in [0.15, 0.2) is 101 Å². The Balaban J connectivity index is 1.60. The molecule has 5 unspecified atom stereocenters. The Morgan fingerprint density at radius 1 is 0.824 bits per heavy atom. The molecule has 1 N–H and O–H groups in total. The molecule has 0 aliphatic carbocycles. The van der Waals surface area contributed by atoms with Crippen molar-refractivity contribution in [2.75, 3.05) is 6.61 Å². The van der Waals surface area contributed by atoms with E-state index in [0.717, 1.165) is 16.0 Å². The van der Waals surface area contributed by atoms with E-state index in [1.807, 2.05) is 91.0 Å². The van der Waals surface area contributed by atoms with E-state index in [1.165, 1.54) is 11.8 Å². The van der Waals surface area contributed by atoms with Gasteiger partial charge in [0.1, 0.15) is 23.7 Å². The SMILES string of the molecule is [N-]=[N+]=NC1C(Sc2ccccc2)OC(CO)C(OCc2ccccc2)C1OCc1ccccc1. The van der Waals surface area contributed by atoms with Crippen molar-refractivity contribution in [1.29, 1.82) is 0 Å². The number of nitrogens with zero attached hydrogens (tertiary/aromatic N) is 3. The third kappa shape index (κ3) is 6.39. The number of benzene rings is 3. The molecule has 3 aromatic rings. The summed E-state index contributed by atoms with van der Waals surface area (Å²) in [5.74, 6) is 0. The summed E-state index contributed by atoms with van der Waals surface area (Å²) in [6, 6.07) is 28.6. The molecule has 34 heavy (non-hydrogen) atoms. The predicted octanol–water partition coefficient (Wildman–Crippen LogP) is 5.35. The average molecular weight is 478 g/mol. The first-order valence-electron chi connectivity index (χ1n) is 11.1. The molecule has 1 heterocycles. The molecule has 1 saturated heterocycles. The van der Waals surface area contributed by atoms with Crippen LogP contribution in [0.4, 0.5) is 0 Å². The standard InChI is InChI=1S/C26H27N3O4S/c27-29-28-23-25(32-18-20-12-6-2-7-13-20)24(31-17-19-10-4-1-5-11-19)22(16-30)33-26(23)34-21-14-8-3-9-15-21/h1-15,22-26,30H,16-18H2. The Morgan fingerprint density at radius 2 is 1.35 bits per heavy atom. The van der Waals surface area contributed by atoms with Crippen LogP contribution in [0.1, 0.15) is 11.1 Å². The molecule has 1 fully saturated rings. The Kier molecular flexibility index (Phi) is 8.98. The summed E-state index contributed by atoms with van der Waals surface area (Å²) < 4.78 is 18.8. The van der Waals surface area contributed by atoms with Gasteiger partial charge >= 0.3 is 0 Å². The largest absolute Gasteiger partial charge is 0.394 e. The average Bonchev–Trinajstić information content (AvgIpc) is 2.89. The minimum absolute atomic E-state index is 0.251. The summed E-state index contributed by atoms with van der Waals surface area (Å²) >= 11 is 1.44. The number of thioether (sulfide) groups is 1. The van der Waals surface area contributed by atoms with Crippen LogP contribution in [-0.2, 0) is 27.4 Å². The second-order valence-corrected chi connectivity index (χ2v) is 9.05. The fourth-order valence-corrected chi connectivity index (χ4v) is 5.01. The lowest BCUT2D eigenvalue weighted by Gasteiger charge is -2.44. The molecule has 176 valence electrons. The summed E-state index contributed by atoms with van der Waals surface area (Å²) in [5, 5.41) is 14.3. The summed E-state index contributed by atoms with van der Waals surface area (Å²) in [4.78, 5) is 4.06. The van der Waals surface area contributed by atoms with Crippen molar-refractivity contribution < 1.29 is 19.3 Å². The molecule has 1 aliphatic rings. The molecule has 0 radical (unpaired) electrons. The van der Waals surface area contributed by atoms with E-state index >= 15 is 0 Å². The van der Waals surface area contributed by atoms with Crippen LogP contribution in [0.2, 0.25) is 0 Å². The normalized spacial score (nSPS) is 24.3. The van der Waals surface area contributed by atoms with E-state index in [-0.39, 0.29) is 6.61 Å². The van der Waals surface area contributed by atoms with Gasteiger partial charge in [0.2, 0.25) is 0 Å². The van der Waals surface area contributed by atoms with Gasteiger partial charge in [-0.2, -0.15) is 0 Å². The zero-order valence-corrected chi connectivity index (χ0v) is 19.4. The molecular weight excluding hydrogens is 450 g/mol. The highest BCUT2D eigenvalue weighted by Crippen LogP contribution is 2.37. The fraction of sp³-hybridized carbons (Fsp3) is 0.308. The highest BCUT2D eigenvalue weighted by molar-refractivity contribution is 7.99. The van der Waals surface area contributed by atoms with Crippen LogP contribution >= 0.6 is 11.8 Å². The van der Waals surface area contributed by atoms with E-state index in [1.54, 1.807) is 0 Å². The molecule has 5 atom stereocenters. The van der Waals surface area contributed by atoms with Gasteiger partial charge in [-0.05, 0) is 28.8 Å². The third-order valence-electron chi connectivity index (χ3n) is 5.55. The van der Waals surface area contributed by atoms with Crippen molar-refractivity contribution in [2.45, 2.75) is 47.9 Å². The number of aliphatic hydroxyl groups is 1. The van der Waals surface area contributed by atoms with Gasteiger partial charge in [-0.3, -0.25) is 0 Å². The van der Waals surface area contributed by atoms with E-state index in [9.17, 15) is 10.6 Å². The predicted molar refractivity (Wildman–Crippen MR) is 131 cm³/mol. The van der Waals surface area contributed by atoms with Crippen LogP contribution in [0.25, 0.3) is 10.4 Å². The number of hydrogen-bond donors (Lipinski definition) is 1. The number of rotatable bonds is 10. The molecular formula is C26H27N3O4S. The molecule has 7 nitrogen and oxygen atoms in total. The van der Waals surface area contributed by atoms with Crippen molar-refractivity contribution >= 4 is 11.8 Å². The van der Waals surface area contributed by atoms with Crippen molar-refractivity contribution in [1.82, 2.24) is 0 Å². The van der Waals surface area contributed by atoms with E-state index < -0.39 is 29.8 Å². The maximum absolute atomic E-state index is 10.2. The van der Waals surface area contributed by atoms with Gasteiger partial charge in [-0.25, -0.2) is 0 Å². The monoisotopic (exact) mass is 477 g/mol. The zero-order chi connectivity index (χ0) is 23.6. The number of aliphatic hydroxyl groups excluding tert-OH is 1. The summed E-state index contributed by atoms with van der Waals surface area (Å²) in [6.07, 6.45) is -1.89. The summed E-state index contributed by atoms with van der Waals surface area (Å²) in [7, 11) is 0. The molecule has 0 aromatic heterocycles. The van der Waals surface area contributed by atoms with Crippen molar-refractivity contribution in [3.8, 4) is 0 Å². The van der Waals surface area contributed by atoms with Crippen molar-refractivity contribution in [3.05, 3.63) is 113 Å². The first kappa shape index (κ1) is 24.3. The molecule has 0 amide bonds. The lowest BCUT2D eigenvalue weighted by molar-refractivity contribution is -0.206. The second-order valence-electron chi connectivity index (χ2n) is 7.87. The van der Waals surface area contributed by atoms with Crippen molar-refractivity contribution in [2.24, 2.45) is 5.11 Å². The van der Waals surface area contributed by atoms with Gasteiger partial charge < -0.3 is 19.3 Å². The molecule has 0 saturated carbocycles. The lowest BCUT2D eigenvalue weighted by Crippen LogP contribution is -2.58. The quantitative estimate of drug-likeness (QED) is 0.241. The molecule has 0 spiro atoms. The number of ether oxygens (including phenoxy) is 3. The smallest absolute Gasteiger partial charge is 0.119 e. The van der Waals surface area contributed by atoms with Gasteiger partial charge in [0, 0.05) is 9.81 Å². The van der Waals surface area contributed by atoms with Crippen LogP contribution in [0.5, 0.6) is 0 Å². The minimum Gasteiger partial charge on any atom is -0.394 e. The first-order valence-corrected chi connectivity index (χ1v) is 12.0. The maximum atomic E-state index is 10.2. The van der Waals surface area contributed by atoms with Gasteiger partial charge in [0.05, 0.1) is 25.9 Å². The zero-order valence-electron chi connectivity index (χ0n) is 18.6. The Hall–Kier alpha value is -2.84. The van der Waals surface area contributed by atoms with Crippen LogP contribution in [0.3, 0.4) is 0 Å². The Morgan fingerprint density at radius 3 is 1.88 bits per heavy atom. The second kappa shape index (κ2) is 12.6. The molecule has 1 aliphatic heterocycles. The van der Waals surface area contributed by atoms with Gasteiger partial charge in [-0.1, -0.05) is 95.7 Å². The Labute approximate surface area is 203 Å². The van der Waals surface area contributed by atoms with Crippen molar-refractivity contribution in [3.63, 3.8) is 0 Å². The highest BCUT2D eigenvalue weighted by Gasteiger charge is 2.47. The van der Waals surface area contributed by atoms with Gasteiger partial charge in [0.25, 0.3) is 0 Å². The number of hydrogen-bond acceptors (Lipinski definition) is 6.